The van der Waals surface area contributed by atoms with Gasteiger partial charge in [-0.2, -0.15) is 5.10 Å². The third-order valence-electron chi connectivity index (χ3n) is 6.17. The lowest BCUT2D eigenvalue weighted by molar-refractivity contribution is 0.101. The number of thiazole rings is 1. The van der Waals surface area contributed by atoms with Crippen molar-refractivity contribution < 1.29 is 4.79 Å². The summed E-state index contributed by atoms with van der Waals surface area (Å²) in [5.74, 6) is -0.151. The summed E-state index contributed by atoms with van der Waals surface area (Å²) in [4.78, 5) is 21.8. The first kappa shape index (κ1) is 23.7. The molecule has 1 N–H and O–H groups in total. The highest BCUT2D eigenvalue weighted by molar-refractivity contribution is 7.23. The smallest absolute Gasteiger partial charge is 0.274 e. The molecule has 0 saturated heterocycles. The summed E-state index contributed by atoms with van der Waals surface area (Å²) in [6.45, 7) is 2.77. The predicted molar refractivity (Wildman–Crippen MR) is 146 cm³/mol. The van der Waals surface area contributed by atoms with Gasteiger partial charge in [0.1, 0.15) is 15.7 Å². The van der Waals surface area contributed by atoms with Gasteiger partial charge < -0.3 is 5.32 Å². The molecule has 5 aromatic rings. The SMILES string of the molecule is Cl.Cn1nccc1C(=O)Nc1sc2c(c1-c1nc3ccccc3s1)CCN(Cc1ccccc1)C2. The minimum Gasteiger partial charge on any atom is -0.312 e. The van der Waals surface area contributed by atoms with Crippen LogP contribution < -0.4 is 5.32 Å². The van der Waals surface area contributed by atoms with Crippen molar-refractivity contribution in [2.75, 3.05) is 11.9 Å². The van der Waals surface area contributed by atoms with Gasteiger partial charge in [-0.1, -0.05) is 42.5 Å². The second-order valence-electron chi connectivity index (χ2n) is 8.44. The molecular formula is C26H24ClN5OS2. The highest BCUT2D eigenvalue weighted by atomic mass is 35.5. The van der Waals surface area contributed by atoms with Gasteiger partial charge in [-0.05, 0) is 35.7 Å². The Hall–Kier alpha value is -3.04. The predicted octanol–water partition coefficient (Wildman–Crippen LogP) is 5.99. The van der Waals surface area contributed by atoms with Crippen molar-refractivity contribution in [3.05, 3.63) is 88.6 Å². The Labute approximate surface area is 217 Å². The lowest BCUT2D eigenvalue weighted by atomic mass is 10.0. The van der Waals surface area contributed by atoms with Gasteiger partial charge in [0.05, 0.1) is 10.2 Å². The molecule has 4 heterocycles. The van der Waals surface area contributed by atoms with Crippen molar-refractivity contribution in [3.63, 3.8) is 0 Å². The molecule has 0 unspecified atom stereocenters. The fourth-order valence-corrected chi connectivity index (χ4v) is 6.89. The summed E-state index contributed by atoms with van der Waals surface area (Å²) in [7, 11) is 1.78. The van der Waals surface area contributed by atoms with E-state index in [1.807, 2.05) is 18.2 Å². The third-order valence-corrected chi connectivity index (χ3v) is 8.36. The van der Waals surface area contributed by atoms with Crippen molar-refractivity contribution in [1.29, 1.82) is 0 Å². The Kier molecular flexibility index (Phi) is 6.71. The Balaban J connectivity index is 0.00000253. The van der Waals surface area contributed by atoms with Crippen LogP contribution >= 0.6 is 35.1 Å². The maximum absolute atomic E-state index is 13.1. The molecule has 0 saturated carbocycles. The van der Waals surface area contributed by atoms with Crippen LogP contribution in [0.5, 0.6) is 0 Å². The Morgan fingerprint density at radius 3 is 2.63 bits per heavy atom. The molecule has 0 radical (unpaired) electrons. The molecule has 2 aromatic carbocycles. The fourth-order valence-electron chi connectivity index (χ4n) is 4.49. The number of benzene rings is 2. The van der Waals surface area contributed by atoms with E-state index in [4.69, 9.17) is 4.98 Å². The summed E-state index contributed by atoms with van der Waals surface area (Å²) >= 11 is 3.36. The minimum absolute atomic E-state index is 0. The van der Waals surface area contributed by atoms with E-state index in [0.29, 0.717) is 5.69 Å². The van der Waals surface area contributed by atoms with E-state index in [1.165, 1.54) is 16.0 Å². The number of thiophene rings is 1. The number of carbonyl (C=O) groups excluding carboxylic acids is 1. The van der Waals surface area contributed by atoms with Gasteiger partial charge in [0.2, 0.25) is 0 Å². The summed E-state index contributed by atoms with van der Waals surface area (Å²) in [6.07, 6.45) is 2.58. The van der Waals surface area contributed by atoms with Gasteiger partial charge in [0.25, 0.3) is 5.91 Å². The zero-order valence-corrected chi connectivity index (χ0v) is 21.6. The van der Waals surface area contributed by atoms with Crippen molar-refractivity contribution in [2.24, 2.45) is 7.05 Å². The topological polar surface area (TPSA) is 63.1 Å². The molecule has 6 rings (SSSR count). The van der Waals surface area contributed by atoms with Crippen LogP contribution in [-0.2, 0) is 26.6 Å². The number of halogens is 1. The number of aryl methyl sites for hydroxylation is 1. The molecule has 0 bridgehead atoms. The number of carbonyl (C=O) groups is 1. The summed E-state index contributed by atoms with van der Waals surface area (Å²) in [6, 6.07) is 20.5. The quantitative estimate of drug-likeness (QED) is 0.308. The van der Waals surface area contributed by atoms with Gasteiger partial charge in [-0.3, -0.25) is 14.4 Å². The summed E-state index contributed by atoms with van der Waals surface area (Å²) in [5.41, 5.74) is 5.24. The number of amides is 1. The number of nitrogens with one attached hydrogen (secondary N) is 1. The number of fused-ring (bicyclic) bond motifs is 2. The molecule has 35 heavy (non-hydrogen) atoms. The fraction of sp³-hybridized carbons (Fsp3) is 0.192. The van der Waals surface area contributed by atoms with Crippen LogP contribution in [0.15, 0.2) is 66.9 Å². The molecular weight excluding hydrogens is 498 g/mol. The molecule has 0 fully saturated rings. The standard InChI is InChI=1S/C26H23N5OS2.ClH/c1-30-20(11-13-27-30)24(32)29-26-23(25-28-19-9-5-6-10-21(19)33-25)18-12-14-31(16-22(18)34-26)15-17-7-3-2-4-8-17;/h2-11,13H,12,14-16H2,1H3,(H,29,32);1H. The number of hydrogen-bond donors (Lipinski definition) is 1. The first-order chi connectivity index (χ1) is 16.7. The van der Waals surface area contributed by atoms with E-state index in [9.17, 15) is 4.79 Å². The van der Waals surface area contributed by atoms with Crippen molar-refractivity contribution in [2.45, 2.75) is 19.5 Å². The van der Waals surface area contributed by atoms with Crippen LogP contribution in [0.1, 0.15) is 26.5 Å². The molecule has 3 aromatic heterocycles. The van der Waals surface area contributed by atoms with Gasteiger partial charge >= 0.3 is 0 Å². The number of aromatic nitrogens is 3. The van der Waals surface area contributed by atoms with Gasteiger partial charge in [0.15, 0.2) is 0 Å². The largest absolute Gasteiger partial charge is 0.312 e. The van der Waals surface area contributed by atoms with Crippen molar-refractivity contribution in [3.8, 4) is 10.6 Å². The molecule has 0 aliphatic carbocycles. The average molecular weight is 522 g/mol. The van der Waals surface area contributed by atoms with Crippen LogP contribution in [0.3, 0.4) is 0 Å². The van der Waals surface area contributed by atoms with Gasteiger partial charge in [0, 0.05) is 43.3 Å². The molecule has 9 heteroatoms. The Bertz CT molecular complexity index is 1460. The Morgan fingerprint density at radius 1 is 1.06 bits per heavy atom. The van der Waals surface area contributed by atoms with Crippen LogP contribution in [-0.4, -0.2) is 32.1 Å². The second kappa shape index (κ2) is 9.91. The number of hydrogen-bond acceptors (Lipinski definition) is 6. The van der Waals surface area contributed by atoms with E-state index < -0.39 is 0 Å². The van der Waals surface area contributed by atoms with Crippen molar-refractivity contribution in [1.82, 2.24) is 19.7 Å². The highest BCUT2D eigenvalue weighted by Gasteiger charge is 2.28. The summed E-state index contributed by atoms with van der Waals surface area (Å²) in [5, 5.41) is 9.17. The molecule has 178 valence electrons. The minimum atomic E-state index is -0.151. The molecule has 1 amide bonds. The molecule has 0 spiro atoms. The number of para-hydroxylation sites is 1. The Morgan fingerprint density at radius 2 is 1.86 bits per heavy atom. The van der Waals surface area contributed by atoms with E-state index in [2.05, 4.69) is 51.7 Å². The molecule has 1 aliphatic rings. The van der Waals surface area contributed by atoms with Crippen LogP contribution in [0.4, 0.5) is 5.00 Å². The van der Waals surface area contributed by atoms with E-state index in [0.717, 1.165) is 51.8 Å². The maximum Gasteiger partial charge on any atom is 0.274 e. The number of anilines is 1. The lowest BCUT2D eigenvalue weighted by Gasteiger charge is -2.27. The lowest BCUT2D eigenvalue weighted by Crippen LogP contribution is -2.29. The monoisotopic (exact) mass is 521 g/mol. The van der Waals surface area contributed by atoms with E-state index >= 15 is 0 Å². The average Bonchev–Trinajstić information content (AvgIpc) is 3.55. The number of nitrogens with zero attached hydrogens (tertiary/aromatic N) is 4. The second-order valence-corrected chi connectivity index (χ2v) is 10.6. The zero-order chi connectivity index (χ0) is 23.1. The first-order valence-corrected chi connectivity index (χ1v) is 12.8. The third kappa shape index (κ3) is 4.62. The highest BCUT2D eigenvalue weighted by Crippen LogP contribution is 2.46. The van der Waals surface area contributed by atoms with Crippen molar-refractivity contribution >= 4 is 56.2 Å². The normalized spacial score (nSPS) is 13.4. The number of rotatable bonds is 5. The van der Waals surface area contributed by atoms with Crippen LogP contribution in [0.25, 0.3) is 20.8 Å². The van der Waals surface area contributed by atoms with Crippen LogP contribution in [0, 0.1) is 0 Å². The first-order valence-electron chi connectivity index (χ1n) is 11.2. The van der Waals surface area contributed by atoms with Gasteiger partial charge in [-0.15, -0.1) is 35.1 Å². The summed E-state index contributed by atoms with van der Waals surface area (Å²) < 4.78 is 2.75. The van der Waals surface area contributed by atoms with E-state index in [-0.39, 0.29) is 18.3 Å². The van der Waals surface area contributed by atoms with E-state index in [1.54, 1.807) is 46.7 Å². The molecule has 1 aliphatic heterocycles. The molecule has 0 atom stereocenters. The van der Waals surface area contributed by atoms with Crippen LogP contribution in [0.2, 0.25) is 0 Å². The zero-order valence-electron chi connectivity index (χ0n) is 19.1. The van der Waals surface area contributed by atoms with Gasteiger partial charge in [-0.25, -0.2) is 4.98 Å². The maximum atomic E-state index is 13.1. The molecule has 6 nitrogen and oxygen atoms in total.